The van der Waals surface area contributed by atoms with Crippen LogP contribution in [0.4, 0.5) is 0 Å². The van der Waals surface area contributed by atoms with Crippen molar-refractivity contribution in [3.05, 3.63) is 12.2 Å². The fourth-order valence-corrected chi connectivity index (χ4v) is 0.876. The molecule has 0 aromatic rings. The topological polar surface area (TPSA) is 46.5 Å². The maximum absolute atomic E-state index is 10.7. The molecule has 1 atom stereocenters. The zero-order chi connectivity index (χ0) is 10.8. The van der Waals surface area contributed by atoms with Gasteiger partial charge in [-0.15, -0.1) is 6.42 Å². The van der Waals surface area contributed by atoms with Gasteiger partial charge in [-0.05, 0) is 19.3 Å². The Morgan fingerprint density at radius 2 is 2.21 bits per heavy atom. The highest BCUT2D eigenvalue weighted by molar-refractivity contribution is 5.69. The monoisotopic (exact) mass is 196 g/mol. The molecule has 0 aliphatic carbocycles. The summed E-state index contributed by atoms with van der Waals surface area (Å²) in [6, 6.07) is 0. The SMILES string of the molecule is C#CC(O)CC/C=C\CCC(=O)OC. The fraction of sp³-hybridized carbons (Fsp3) is 0.545. The largest absolute Gasteiger partial charge is 0.469 e. The number of allylic oxidation sites excluding steroid dienone is 2. The minimum Gasteiger partial charge on any atom is -0.469 e. The van der Waals surface area contributed by atoms with Gasteiger partial charge in [0.05, 0.1) is 7.11 Å². The van der Waals surface area contributed by atoms with Crippen LogP contribution in [0.15, 0.2) is 12.2 Å². The summed E-state index contributed by atoms with van der Waals surface area (Å²) in [6.45, 7) is 0. The summed E-state index contributed by atoms with van der Waals surface area (Å²) in [7, 11) is 1.37. The van der Waals surface area contributed by atoms with Crippen molar-refractivity contribution >= 4 is 5.97 Å². The van der Waals surface area contributed by atoms with Crippen LogP contribution in [0.1, 0.15) is 25.7 Å². The highest BCUT2D eigenvalue weighted by atomic mass is 16.5. The number of methoxy groups -OCH3 is 1. The lowest BCUT2D eigenvalue weighted by molar-refractivity contribution is -0.140. The van der Waals surface area contributed by atoms with Crippen molar-refractivity contribution < 1.29 is 14.6 Å². The fourth-order valence-electron chi connectivity index (χ4n) is 0.876. The summed E-state index contributed by atoms with van der Waals surface area (Å²) in [4.78, 5) is 10.7. The van der Waals surface area contributed by atoms with Crippen molar-refractivity contribution in [1.29, 1.82) is 0 Å². The minimum absolute atomic E-state index is 0.210. The zero-order valence-corrected chi connectivity index (χ0v) is 8.40. The first-order valence-corrected chi connectivity index (χ1v) is 4.56. The first-order valence-electron chi connectivity index (χ1n) is 4.56. The second kappa shape index (κ2) is 8.33. The van der Waals surface area contributed by atoms with Gasteiger partial charge in [0, 0.05) is 6.42 Å². The van der Waals surface area contributed by atoms with Crippen LogP contribution in [0.3, 0.4) is 0 Å². The van der Waals surface area contributed by atoms with Crippen LogP contribution >= 0.6 is 0 Å². The Morgan fingerprint density at radius 1 is 1.57 bits per heavy atom. The van der Waals surface area contributed by atoms with E-state index in [1.807, 2.05) is 12.2 Å². The Balaban J connectivity index is 3.37. The number of terminal acetylenes is 1. The normalized spacial score (nSPS) is 12.4. The minimum atomic E-state index is -0.666. The lowest BCUT2D eigenvalue weighted by Crippen LogP contribution is -2.00. The Labute approximate surface area is 84.8 Å². The number of rotatable bonds is 6. The van der Waals surface area contributed by atoms with Crippen LogP contribution in [0.2, 0.25) is 0 Å². The molecule has 0 radical (unpaired) electrons. The number of carbonyl (C=O) groups is 1. The summed E-state index contributed by atoms with van der Waals surface area (Å²) in [5.74, 6) is 2.02. The molecule has 0 spiro atoms. The molecule has 0 saturated carbocycles. The van der Waals surface area contributed by atoms with Gasteiger partial charge >= 0.3 is 5.97 Å². The van der Waals surface area contributed by atoms with Crippen LogP contribution in [0.5, 0.6) is 0 Å². The maximum atomic E-state index is 10.7. The molecule has 0 aliphatic heterocycles. The van der Waals surface area contributed by atoms with Crippen LogP contribution in [-0.4, -0.2) is 24.3 Å². The third-order valence-corrected chi connectivity index (χ3v) is 1.71. The van der Waals surface area contributed by atoms with Crippen molar-refractivity contribution in [2.24, 2.45) is 0 Å². The predicted octanol–water partition coefficient (Wildman–Crippen LogP) is 1.27. The number of aliphatic hydroxyl groups is 1. The highest BCUT2D eigenvalue weighted by Gasteiger charge is 1.96. The van der Waals surface area contributed by atoms with Crippen LogP contribution < -0.4 is 0 Å². The van der Waals surface area contributed by atoms with E-state index < -0.39 is 6.10 Å². The van der Waals surface area contributed by atoms with Crippen LogP contribution in [0, 0.1) is 12.3 Å². The Morgan fingerprint density at radius 3 is 2.79 bits per heavy atom. The molecular weight excluding hydrogens is 180 g/mol. The predicted molar refractivity (Wildman–Crippen MR) is 54.5 cm³/mol. The van der Waals surface area contributed by atoms with E-state index in [0.29, 0.717) is 19.3 Å². The lowest BCUT2D eigenvalue weighted by atomic mass is 10.2. The van der Waals surface area contributed by atoms with Crippen molar-refractivity contribution in [2.75, 3.05) is 7.11 Å². The molecule has 0 aromatic heterocycles. The number of carbonyl (C=O) groups excluding carboxylic acids is 1. The van der Waals surface area contributed by atoms with Gasteiger partial charge in [-0.3, -0.25) is 4.79 Å². The average Bonchev–Trinajstić information content (AvgIpc) is 2.22. The van der Waals surface area contributed by atoms with Crippen LogP contribution in [-0.2, 0) is 9.53 Å². The molecule has 78 valence electrons. The number of esters is 1. The molecule has 0 fully saturated rings. The summed E-state index contributed by atoms with van der Waals surface area (Å²) in [5, 5.41) is 9.00. The van der Waals surface area contributed by atoms with Gasteiger partial charge in [-0.2, -0.15) is 0 Å². The van der Waals surface area contributed by atoms with Crippen molar-refractivity contribution in [2.45, 2.75) is 31.8 Å². The maximum Gasteiger partial charge on any atom is 0.305 e. The molecule has 0 aliphatic rings. The third kappa shape index (κ3) is 7.38. The van der Waals surface area contributed by atoms with Gasteiger partial charge in [0.2, 0.25) is 0 Å². The number of aliphatic hydroxyl groups excluding tert-OH is 1. The molecule has 1 unspecified atom stereocenters. The first kappa shape index (κ1) is 12.7. The average molecular weight is 196 g/mol. The second-order valence-corrected chi connectivity index (χ2v) is 2.85. The highest BCUT2D eigenvalue weighted by Crippen LogP contribution is 1.99. The second-order valence-electron chi connectivity index (χ2n) is 2.85. The molecule has 0 aromatic carbocycles. The molecule has 0 amide bonds. The quantitative estimate of drug-likeness (QED) is 0.395. The molecule has 0 heterocycles. The van der Waals surface area contributed by atoms with E-state index in [0.717, 1.165) is 6.42 Å². The van der Waals surface area contributed by atoms with Crippen LogP contribution in [0.25, 0.3) is 0 Å². The van der Waals surface area contributed by atoms with E-state index in [4.69, 9.17) is 11.5 Å². The molecule has 3 nitrogen and oxygen atoms in total. The molecular formula is C11H16O3. The molecule has 3 heteroatoms. The molecule has 14 heavy (non-hydrogen) atoms. The number of hydrogen-bond donors (Lipinski definition) is 1. The van der Waals surface area contributed by atoms with E-state index in [2.05, 4.69) is 10.7 Å². The smallest absolute Gasteiger partial charge is 0.305 e. The zero-order valence-electron chi connectivity index (χ0n) is 8.40. The number of ether oxygens (including phenoxy) is 1. The van der Waals surface area contributed by atoms with E-state index in [1.165, 1.54) is 7.11 Å². The summed E-state index contributed by atoms with van der Waals surface area (Å²) in [5.41, 5.74) is 0. The van der Waals surface area contributed by atoms with E-state index in [9.17, 15) is 4.79 Å². The molecule has 1 N–H and O–H groups in total. The Kier molecular flexibility index (Phi) is 7.58. The standard InChI is InChI=1S/C11H16O3/c1-3-10(12)8-6-4-5-7-9-11(13)14-2/h1,4-5,10,12H,6-9H2,2H3/b5-4-. The molecule has 0 saturated heterocycles. The van der Waals surface area contributed by atoms with Gasteiger partial charge in [-0.25, -0.2) is 0 Å². The van der Waals surface area contributed by atoms with Gasteiger partial charge in [-0.1, -0.05) is 18.1 Å². The van der Waals surface area contributed by atoms with Crippen molar-refractivity contribution in [3.8, 4) is 12.3 Å². The number of hydrogen-bond acceptors (Lipinski definition) is 3. The van der Waals surface area contributed by atoms with Gasteiger partial charge < -0.3 is 9.84 Å². The van der Waals surface area contributed by atoms with E-state index in [-0.39, 0.29) is 5.97 Å². The van der Waals surface area contributed by atoms with Crippen molar-refractivity contribution in [3.63, 3.8) is 0 Å². The summed E-state index contributed by atoms with van der Waals surface area (Å²) in [6.07, 6.45) is 10.5. The summed E-state index contributed by atoms with van der Waals surface area (Å²) < 4.78 is 4.47. The Bertz CT molecular complexity index is 225. The van der Waals surface area contributed by atoms with Gasteiger partial charge in [0.25, 0.3) is 0 Å². The van der Waals surface area contributed by atoms with Gasteiger partial charge in [0.15, 0.2) is 0 Å². The molecule has 0 bridgehead atoms. The van der Waals surface area contributed by atoms with Gasteiger partial charge in [0.1, 0.15) is 6.10 Å². The van der Waals surface area contributed by atoms with E-state index >= 15 is 0 Å². The molecule has 0 rings (SSSR count). The third-order valence-electron chi connectivity index (χ3n) is 1.71. The first-order chi connectivity index (χ1) is 6.70. The van der Waals surface area contributed by atoms with Crippen molar-refractivity contribution in [1.82, 2.24) is 0 Å². The lowest BCUT2D eigenvalue weighted by Gasteiger charge is -1.98. The van der Waals surface area contributed by atoms with E-state index in [1.54, 1.807) is 0 Å². The Hall–Kier alpha value is -1.27. The summed E-state index contributed by atoms with van der Waals surface area (Å²) >= 11 is 0.